The first-order valence-corrected chi connectivity index (χ1v) is 13.3. The third kappa shape index (κ3) is 2.43. The SMILES string of the molecule is C=C(C)C1CCC23CC=CC4C(C5(O)CCCC56CCCC6)CCC42C=CC(C)=C3C1. The maximum atomic E-state index is 12.4. The van der Waals surface area contributed by atoms with Crippen molar-refractivity contribution in [1.82, 2.24) is 0 Å². The molecule has 0 aromatic carbocycles. The lowest BCUT2D eigenvalue weighted by atomic mass is 9.44. The summed E-state index contributed by atoms with van der Waals surface area (Å²) in [6, 6.07) is 0. The summed E-state index contributed by atoms with van der Waals surface area (Å²) in [5.41, 5.74) is 4.98. The Morgan fingerprint density at radius 2 is 1.81 bits per heavy atom. The maximum Gasteiger partial charge on any atom is 0.0737 e. The Labute approximate surface area is 189 Å². The van der Waals surface area contributed by atoms with Crippen LogP contribution in [0.1, 0.15) is 97.3 Å². The van der Waals surface area contributed by atoms with Crippen molar-refractivity contribution in [2.75, 3.05) is 0 Å². The first kappa shape index (κ1) is 20.5. The molecule has 1 heteroatoms. The molecule has 0 heterocycles. The molecule has 3 spiro atoms. The van der Waals surface area contributed by atoms with Gasteiger partial charge < -0.3 is 5.11 Å². The molecule has 6 rings (SSSR count). The van der Waals surface area contributed by atoms with Crippen molar-refractivity contribution in [2.24, 2.45) is 34.0 Å². The average Bonchev–Trinajstić information content (AvgIpc) is 3.46. The summed E-state index contributed by atoms with van der Waals surface area (Å²) in [5.74, 6) is 1.62. The number of hydrogen-bond donors (Lipinski definition) is 1. The van der Waals surface area contributed by atoms with Crippen molar-refractivity contribution in [3.05, 3.63) is 47.6 Å². The molecule has 4 fully saturated rings. The fourth-order valence-corrected chi connectivity index (χ4v) is 10.1. The number of hydrogen-bond acceptors (Lipinski definition) is 1. The number of aliphatic hydroxyl groups is 1. The van der Waals surface area contributed by atoms with Crippen LogP contribution in [0.5, 0.6) is 0 Å². The van der Waals surface area contributed by atoms with Gasteiger partial charge in [-0.1, -0.05) is 60.4 Å². The van der Waals surface area contributed by atoms with E-state index in [-0.39, 0.29) is 10.8 Å². The fraction of sp³-hybridized carbons (Fsp3) is 0.733. The smallest absolute Gasteiger partial charge is 0.0737 e. The topological polar surface area (TPSA) is 20.2 Å². The highest BCUT2D eigenvalue weighted by atomic mass is 16.3. The van der Waals surface area contributed by atoms with E-state index in [1.165, 1.54) is 88.2 Å². The Morgan fingerprint density at radius 3 is 2.58 bits per heavy atom. The van der Waals surface area contributed by atoms with E-state index in [0.717, 1.165) is 6.42 Å². The van der Waals surface area contributed by atoms with Crippen LogP contribution >= 0.6 is 0 Å². The van der Waals surface area contributed by atoms with Crippen LogP contribution < -0.4 is 0 Å². The van der Waals surface area contributed by atoms with Gasteiger partial charge in [-0.05, 0) is 108 Å². The molecule has 4 saturated carbocycles. The van der Waals surface area contributed by atoms with E-state index < -0.39 is 5.60 Å². The molecule has 0 aliphatic heterocycles. The molecule has 1 nitrogen and oxygen atoms in total. The molecule has 0 aromatic rings. The highest BCUT2D eigenvalue weighted by Crippen LogP contribution is 2.74. The molecule has 0 amide bonds. The van der Waals surface area contributed by atoms with Crippen LogP contribution in [0.3, 0.4) is 0 Å². The Morgan fingerprint density at radius 1 is 1.03 bits per heavy atom. The van der Waals surface area contributed by atoms with Gasteiger partial charge in [0.2, 0.25) is 0 Å². The summed E-state index contributed by atoms with van der Waals surface area (Å²) in [6.07, 6.45) is 26.5. The first-order chi connectivity index (χ1) is 14.9. The van der Waals surface area contributed by atoms with E-state index in [1.54, 1.807) is 5.57 Å². The average molecular weight is 419 g/mol. The molecule has 6 unspecified atom stereocenters. The molecule has 6 atom stereocenters. The second-order valence-corrected chi connectivity index (χ2v) is 12.5. The van der Waals surface area contributed by atoms with Crippen molar-refractivity contribution < 1.29 is 5.11 Å². The van der Waals surface area contributed by atoms with Gasteiger partial charge >= 0.3 is 0 Å². The highest BCUT2D eigenvalue weighted by Gasteiger charge is 2.68. The van der Waals surface area contributed by atoms with Crippen LogP contribution in [-0.2, 0) is 0 Å². The Balaban J connectivity index is 1.42. The fourth-order valence-electron chi connectivity index (χ4n) is 10.1. The van der Waals surface area contributed by atoms with E-state index in [1.807, 2.05) is 0 Å². The molecule has 0 saturated heterocycles. The quantitative estimate of drug-likeness (QED) is 0.456. The minimum absolute atomic E-state index is 0.228. The second kappa shape index (κ2) is 6.72. The van der Waals surface area contributed by atoms with Gasteiger partial charge in [0.25, 0.3) is 0 Å². The molecular formula is C30H42O. The van der Waals surface area contributed by atoms with Crippen LogP contribution in [0, 0.1) is 34.0 Å². The molecule has 0 radical (unpaired) electrons. The zero-order chi connectivity index (χ0) is 21.5. The summed E-state index contributed by atoms with van der Waals surface area (Å²) in [6.45, 7) is 8.93. The van der Waals surface area contributed by atoms with Crippen LogP contribution in [0.2, 0.25) is 0 Å². The molecule has 31 heavy (non-hydrogen) atoms. The van der Waals surface area contributed by atoms with Crippen molar-refractivity contribution in [2.45, 2.75) is 103 Å². The number of rotatable bonds is 2. The van der Waals surface area contributed by atoms with Crippen LogP contribution in [0.4, 0.5) is 0 Å². The van der Waals surface area contributed by atoms with Crippen molar-refractivity contribution >= 4 is 0 Å². The van der Waals surface area contributed by atoms with Gasteiger partial charge in [0.1, 0.15) is 0 Å². The summed E-state index contributed by atoms with van der Waals surface area (Å²) in [5, 5.41) is 12.4. The van der Waals surface area contributed by atoms with Crippen molar-refractivity contribution in [3.63, 3.8) is 0 Å². The van der Waals surface area contributed by atoms with E-state index in [0.29, 0.717) is 23.2 Å². The summed E-state index contributed by atoms with van der Waals surface area (Å²) >= 11 is 0. The van der Waals surface area contributed by atoms with Crippen LogP contribution in [0.15, 0.2) is 47.6 Å². The second-order valence-electron chi connectivity index (χ2n) is 12.5. The summed E-state index contributed by atoms with van der Waals surface area (Å²) < 4.78 is 0. The Bertz CT molecular complexity index is 877. The molecule has 1 N–H and O–H groups in total. The lowest BCUT2D eigenvalue weighted by Gasteiger charge is -2.60. The molecule has 6 aliphatic rings. The molecule has 6 aliphatic carbocycles. The maximum absolute atomic E-state index is 12.4. The van der Waals surface area contributed by atoms with E-state index in [2.05, 4.69) is 44.7 Å². The minimum atomic E-state index is -0.431. The van der Waals surface area contributed by atoms with Crippen LogP contribution in [-0.4, -0.2) is 10.7 Å². The van der Waals surface area contributed by atoms with Gasteiger partial charge in [-0.25, -0.2) is 0 Å². The van der Waals surface area contributed by atoms with Crippen molar-refractivity contribution in [1.29, 1.82) is 0 Å². The monoisotopic (exact) mass is 418 g/mol. The molecule has 0 aromatic heterocycles. The molecule has 168 valence electrons. The van der Waals surface area contributed by atoms with Gasteiger partial charge in [0, 0.05) is 10.8 Å². The third-order valence-corrected chi connectivity index (χ3v) is 11.7. The molecule has 0 bridgehead atoms. The Kier molecular flexibility index (Phi) is 4.45. The minimum Gasteiger partial charge on any atom is -0.389 e. The lowest BCUT2D eigenvalue weighted by Crippen LogP contribution is -2.55. The van der Waals surface area contributed by atoms with Gasteiger partial charge in [-0.2, -0.15) is 0 Å². The van der Waals surface area contributed by atoms with E-state index in [9.17, 15) is 5.11 Å². The van der Waals surface area contributed by atoms with Gasteiger partial charge in [-0.3, -0.25) is 0 Å². The van der Waals surface area contributed by atoms with E-state index >= 15 is 0 Å². The van der Waals surface area contributed by atoms with Gasteiger partial charge in [0.15, 0.2) is 0 Å². The third-order valence-electron chi connectivity index (χ3n) is 11.7. The predicted molar refractivity (Wildman–Crippen MR) is 129 cm³/mol. The molecular weight excluding hydrogens is 376 g/mol. The van der Waals surface area contributed by atoms with Gasteiger partial charge in [-0.15, -0.1) is 0 Å². The highest BCUT2D eigenvalue weighted by molar-refractivity contribution is 5.45. The largest absolute Gasteiger partial charge is 0.389 e. The summed E-state index contributed by atoms with van der Waals surface area (Å²) in [4.78, 5) is 0. The Hall–Kier alpha value is -1.08. The van der Waals surface area contributed by atoms with Gasteiger partial charge in [0.05, 0.1) is 5.60 Å². The predicted octanol–water partition coefficient (Wildman–Crippen LogP) is 7.68. The lowest BCUT2D eigenvalue weighted by molar-refractivity contribution is -0.120. The van der Waals surface area contributed by atoms with Crippen molar-refractivity contribution in [3.8, 4) is 0 Å². The zero-order valence-corrected chi connectivity index (χ0v) is 19.9. The zero-order valence-electron chi connectivity index (χ0n) is 19.9. The van der Waals surface area contributed by atoms with E-state index in [4.69, 9.17) is 0 Å². The van der Waals surface area contributed by atoms with Crippen LogP contribution in [0.25, 0.3) is 0 Å². The number of allylic oxidation sites excluding steroid dienone is 7. The summed E-state index contributed by atoms with van der Waals surface area (Å²) in [7, 11) is 0. The normalized spacial score (nSPS) is 47.5. The first-order valence-electron chi connectivity index (χ1n) is 13.3. The standard InChI is InChI=1S/C30H42O/c1-21(2)23-10-18-28-15-6-8-24-25(30(31)16-7-14-27(30)12-4-5-13-27)11-19-29(24,28)17-9-22(3)26(28)20-23/h6,8-9,17,23-25,31H,1,4-5,7,10-16,18-20H2,2-3H3.